The van der Waals surface area contributed by atoms with Crippen LogP contribution in [0.15, 0.2) is 18.3 Å². The van der Waals surface area contributed by atoms with Crippen molar-refractivity contribution in [1.82, 2.24) is 9.47 Å². The normalized spacial score (nSPS) is 21.0. The van der Waals surface area contributed by atoms with Crippen molar-refractivity contribution in [2.45, 2.75) is 64.0 Å². The van der Waals surface area contributed by atoms with Crippen LogP contribution in [0.5, 0.6) is 0 Å². The first-order valence-corrected chi connectivity index (χ1v) is 11.1. The lowest BCUT2D eigenvalue weighted by Gasteiger charge is -2.30. The van der Waals surface area contributed by atoms with Gasteiger partial charge in [-0.25, -0.2) is 0 Å². The Bertz CT molecular complexity index is 906. The molecule has 2 atom stereocenters. The molecule has 1 amide bonds. The molecule has 0 aromatic carbocycles. The summed E-state index contributed by atoms with van der Waals surface area (Å²) in [5, 5.41) is 13.6. The quantitative estimate of drug-likeness (QED) is 0.780. The van der Waals surface area contributed by atoms with Crippen LogP contribution in [0.1, 0.15) is 66.8 Å². The molecule has 2 aliphatic rings. The summed E-state index contributed by atoms with van der Waals surface area (Å²) in [7, 11) is 2.06. The van der Waals surface area contributed by atoms with Crippen LogP contribution in [0.3, 0.4) is 0 Å². The van der Waals surface area contributed by atoms with Crippen molar-refractivity contribution in [2.75, 3.05) is 11.9 Å². The molecule has 3 heterocycles. The molecule has 1 fully saturated rings. The predicted octanol–water partition coefficient (Wildman–Crippen LogP) is 4.39. The third kappa shape index (κ3) is 3.49. The van der Waals surface area contributed by atoms with Crippen LogP contribution in [0.25, 0.3) is 0 Å². The molecule has 0 bridgehead atoms. The minimum Gasteiger partial charge on any atom is -0.353 e. The summed E-state index contributed by atoms with van der Waals surface area (Å²) in [5.41, 5.74) is 3.14. The van der Waals surface area contributed by atoms with Crippen LogP contribution in [0, 0.1) is 11.3 Å². The number of likely N-dealkylation sites (tertiary alicyclic amines) is 1. The van der Waals surface area contributed by atoms with Gasteiger partial charge >= 0.3 is 0 Å². The van der Waals surface area contributed by atoms with Gasteiger partial charge in [-0.2, -0.15) is 5.26 Å². The summed E-state index contributed by atoms with van der Waals surface area (Å²) in [6.45, 7) is 2.91. The number of rotatable bonds is 4. The zero-order valence-corrected chi connectivity index (χ0v) is 17.5. The fourth-order valence-electron chi connectivity index (χ4n) is 4.71. The van der Waals surface area contributed by atoms with Gasteiger partial charge in [0.25, 0.3) is 0 Å². The van der Waals surface area contributed by atoms with Gasteiger partial charge in [0.2, 0.25) is 5.91 Å². The molecule has 0 spiro atoms. The summed E-state index contributed by atoms with van der Waals surface area (Å²) in [6.07, 6.45) is 9.76. The number of nitrogens with zero attached hydrogens (tertiary/aromatic N) is 3. The van der Waals surface area contributed by atoms with E-state index in [-0.39, 0.29) is 18.0 Å². The van der Waals surface area contributed by atoms with Crippen LogP contribution in [0.4, 0.5) is 5.00 Å². The molecular formula is C22H28N4OS. The zero-order chi connectivity index (χ0) is 19.7. The maximum atomic E-state index is 13.1. The van der Waals surface area contributed by atoms with Crippen molar-refractivity contribution >= 4 is 22.2 Å². The monoisotopic (exact) mass is 396 g/mol. The van der Waals surface area contributed by atoms with Gasteiger partial charge in [-0.05, 0) is 69.7 Å². The van der Waals surface area contributed by atoms with Crippen LogP contribution >= 0.6 is 11.3 Å². The van der Waals surface area contributed by atoms with Crippen molar-refractivity contribution < 1.29 is 4.79 Å². The number of aromatic nitrogens is 1. The number of nitrogens with one attached hydrogen (secondary N) is 1. The molecule has 1 saturated heterocycles. The minimum absolute atomic E-state index is 0.00554. The van der Waals surface area contributed by atoms with Crippen molar-refractivity contribution in [2.24, 2.45) is 7.05 Å². The lowest BCUT2D eigenvalue weighted by molar-refractivity contribution is -0.121. The molecule has 0 radical (unpaired) electrons. The Labute approximate surface area is 171 Å². The molecule has 1 aliphatic heterocycles. The van der Waals surface area contributed by atoms with E-state index in [0.29, 0.717) is 5.56 Å². The number of carbonyl (C=O) groups excluding carboxylic acids is 1. The van der Waals surface area contributed by atoms with Gasteiger partial charge in [0.15, 0.2) is 0 Å². The maximum Gasteiger partial charge on any atom is 0.242 e. The first-order chi connectivity index (χ1) is 13.6. The highest BCUT2D eigenvalue weighted by molar-refractivity contribution is 7.16. The van der Waals surface area contributed by atoms with Gasteiger partial charge in [-0.3, -0.25) is 9.69 Å². The van der Waals surface area contributed by atoms with E-state index in [9.17, 15) is 10.1 Å². The topological polar surface area (TPSA) is 61.1 Å². The number of anilines is 1. The lowest BCUT2D eigenvalue weighted by Crippen LogP contribution is -2.42. The maximum absolute atomic E-state index is 13.1. The number of aryl methyl sites for hydroxylation is 2. The Balaban J connectivity index is 1.52. The summed E-state index contributed by atoms with van der Waals surface area (Å²) in [5.74, 6) is -0.00554. The number of amides is 1. The zero-order valence-electron chi connectivity index (χ0n) is 16.7. The molecule has 148 valence electrons. The molecule has 5 nitrogen and oxygen atoms in total. The number of fused-ring (bicyclic) bond motifs is 1. The summed E-state index contributed by atoms with van der Waals surface area (Å²) < 4.78 is 2.15. The van der Waals surface area contributed by atoms with E-state index < -0.39 is 0 Å². The third-order valence-electron chi connectivity index (χ3n) is 6.27. The second-order valence-corrected chi connectivity index (χ2v) is 9.09. The van der Waals surface area contributed by atoms with Crippen LogP contribution in [-0.2, 0) is 24.7 Å². The third-order valence-corrected chi connectivity index (χ3v) is 7.47. The molecule has 28 heavy (non-hydrogen) atoms. The van der Waals surface area contributed by atoms with Gasteiger partial charge in [0.05, 0.1) is 17.6 Å². The highest BCUT2D eigenvalue weighted by Crippen LogP contribution is 2.38. The Kier molecular flexibility index (Phi) is 5.56. The van der Waals surface area contributed by atoms with Crippen LogP contribution in [0.2, 0.25) is 0 Å². The summed E-state index contributed by atoms with van der Waals surface area (Å²) >= 11 is 1.61. The number of nitriles is 1. The minimum atomic E-state index is -0.226. The first-order valence-electron chi connectivity index (χ1n) is 10.3. The molecule has 4 rings (SSSR count). The van der Waals surface area contributed by atoms with E-state index in [0.717, 1.165) is 43.6 Å². The van der Waals surface area contributed by atoms with Crippen LogP contribution < -0.4 is 5.32 Å². The smallest absolute Gasteiger partial charge is 0.242 e. The van der Waals surface area contributed by atoms with Gasteiger partial charge in [0, 0.05) is 23.8 Å². The predicted molar refractivity (Wildman–Crippen MR) is 112 cm³/mol. The number of carbonyl (C=O) groups is 1. The van der Waals surface area contributed by atoms with Crippen molar-refractivity contribution in [3.8, 4) is 6.07 Å². The molecule has 6 heteroatoms. The average molecular weight is 397 g/mol. The summed E-state index contributed by atoms with van der Waals surface area (Å²) in [4.78, 5) is 16.7. The second-order valence-electron chi connectivity index (χ2n) is 7.99. The van der Waals surface area contributed by atoms with E-state index >= 15 is 0 Å². The van der Waals surface area contributed by atoms with Gasteiger partial charge in [-0.15, -0.1) is 11.3 Å². The molecular weight excluding hydrogens is 368 g/mol. The molecule has 2 aromatic rings. The fraction of sp³-hybridized carbons (Fsp3) is 0.545. The first kappa shape index (κ1) is 19.2. The largest absolute Gasteiger partial charge is 0.353 e. The fourth-order valence-corrected chi connectivity index (χ4v) is 5.95. The Morgan fingerprint density at radius 2 is 2.14 bits per heavy atom. The number of thiophene rings is 1. The van der Waals surface area contributed by atoms with E-state index in [2.05, 4.69) is 46.2 Å². The highest BCUT2D eigenvalue weighted by Gasteiger charge is 2.34. The highest BCUT2D eigenvalue weighted by atomic mass is 32.1. The average Bonchev–Trinajstić information content (AvgIpc) is 3.36. The molecule has 2 unspecified atom stereocenters. The van der Waals surface area contributed by atoms with Gasteiger partial charge in [0.1, 0.15) is 11.1 Å². The molecule has 1 aliphatic carbocycles. The second kappa shape index (κ2) is 8.10. The van der Waals surface area contributed by atoms with E-state index in [1.165, 1.54) is 29.0 Å². The lowest BCUT2D eigenvalue weighted by atomic mass is 10.1. The number of hydrogen-bond donors (Lipinski definition) is 1. The molecule has 2 aromatic heterocycles. The van der Waals surface area contributed by atoms with E-state index in [4.69, 9.17) is 0 Å². The van der Waals surface area contributed by atoms with Crippen molar-refractivity contribution in [1.29, 1.82) is 5.26 Å². The molecule has 1 N–H and O–H groups in total. The summed E-state index contributed by atoms with van der Waals surface area (Å²) in [6, 6.07) is 6.63. The Morgan fingerprint density at radius 3 is 2.89 bits per heavy atom. The van der Waals surface area contributed by atoms with E-state index in [1.54, 1.807) is 11.3 Å². The van der Waals surface area contributed by atoms with Gasteiger partial charge < -0.3 is 9.88 Å². The van der Waals surface area contributed by atoms with Crippen LogP contribution in [-0.4, -0.2) is 28.0 Å². The number of hydrogen-bond acceptors (Lipinski definition) is 4. The van der Waals surface area contributed by atoms with E-state index in [1.807, 2.05) is 6.92 Å². The van der Waals surface area contributed by atoms with Crippen molar-refractivity contribution in [3.63, 3.8) is 0 Å². The SMILES string of the molecule is CC(C(=O)Nc1sc2c(c1C#N)CCCCC2)N1CCCC1c1cccn1C. The standard InChI is InChI=1S/C22H28N4OS/c1-15(26-13-7-10-19(26)18-9-6-12-25(18)2)21(27)24-22-17(14-23)16-8-4-3-5-11-20(16)28-22/h6,9,12,15,19H,3-5,7-8,10-11,13H2,1-2H3,(H,24,27). The van der Waals surface area contributed by atoms with Crippen molar-refractivity contribution in [3.05, 3.63) is 40.0 Å². The molecule has 0 saturated carbocycles. The Morgan fingerprint density at radius 1 is 1.32 bits per heavy atom. The Hall–Kier alpha value is -2.10. The van der Waals surface area contributed by atoms with Gasteiger partial charge in [-0.1, -0.05) is 6.42 Å².